The Morgan fingerprint density at radius 1 is 1.37 bits per heavy atom. The van der Waals surface area contributed by atoms with Gasteiger partial charge < -0.3 is 20.5 Å². The van der Waals surface area contributed by atoms with Gasteiger partial charge in [0.15, 0.2) is 0 Å². The fourth-order valence-electron chi connectivity index (χ4n) is 2.04. The number of carboxylic acids is 1. The summed E-state index contributed by atoms with van der Waals surface area (Å²) >= 11 is 0. The molecule has 4 N–H and O–H groups in total. The average Bonchev–Trinajstić information content (AvgIpc) is 2.70. The number of carbonyl (C=O) groups is 2. The number of fused-ring (bicyclic) bond motifs is 1. The van der Waals surface area contributed by atoms with Gasteiger partial charge in [0.05, 0.1) is 0 Å². The van der Waals surface area contributed by atoms with E-state index in [0.717, 1.165) is 22.0 Å². The number of amides is 1. The van der Waals surface area contributed by atoms with Crippen molar-refractivity contribution < 1.29 is 19.8 Å². The summed E-state index contributed by atoms with van der Waals surface area (Å²) in [6.07, 6.45) is 0.469. The van der Waals surface area contributed by atoms with E-state index in [1.165, 1.54) is 0 Å². The van der Waals surface area contributed by atoms with Gasteiger partial charge in [-0.05, 0) is 24.1 Å². The van der Waals surface area contributed by atoms with Crippen LogP contribution in [0.4, 0.5) is 4.79 Å². The van der Waals surface area contributed by atoms with Crippen molar-refractivity contribution in [3.63, 3.8) is 0 Å². The van der Waals surface area contributed by atoms with Gasteiger partial charge in [0.1, 0.15) is 6.04 Å². The Labute approximate surface area is 109 Å². The molecule has 0 saturated carbocycles. The second kappa shape index (κ2) is 5.01. The maximum Gasteiger partial charge on any atom is 0.405 e. The summed E-state index contributed by atoms with van der Waals surface area (Å²) in [5, 5.41) is 20.5. The summed E-state index contributed by atoms with van der Waals surface area (Å²) in [5.74, 6) is -1.19. The van der Waals surface area contributed by atoms with Gasteiger partial charge in [0.25, 0.3) is 0 Å². The van der Waals surface area contributed by atoms with Crippen LogP contribution in [-0.2, 0) is 11.2 Å². The lowest BCUT2D eigenvalue weighted by molar-refractivity contribution is -0.139. The molecule has 1 aromatic carbocycles. The molecule has 1 unspecified atom stereocenters. The molecule has 1 amide bonds. The van der Waals surface area contributed by atoms with E-state index in [-0.39, 0.29) is 6.42 Å². The van der Waals surface area contributed by atoms with Crippen LogP contribution in [-0.4, -0.2) is 33.3 Å². The quantitative estimate of drug-likeness (QED) is 0.673. The van der Waals surface area contributed by atoms with Crippen molar-refractivity contribution in [3.8, 4) is 0 Å². The van der Waals surface area contributed by atoms with Crippen LogP contribution < -0.4 is 5.32 Å². The summed E-state index contributed by atoms with van der Waals surface area (Å²) in [6.45, 7) is 1.96. The molecule has 2 rings (SSSR count). The molecule has 1 atom stereocenters. The second-order valence-electron chi connectivity index (χ2n) is 4.41. The zero-order valence-electron chi connectivity index (χ0n) is 10.3. The largest absolute Gasteiger partial charge is 0.480 e. The van der Waals surface area contributed by atoms with E-state index in [0.29, 0.717) is 0 Å². The zero-order chi connectivity index (χ0) is 14.0. The van der Waals surface area contributed by atoms with E-state index in [9.17, 15) is 9.59 Å². The minimum absolute atomic E-state index is 0.102. The highest BCUT2D eigenvalue weighted by molar-refractivity contribution is 5.85. The van der Waals surface area contributed by atoms with Crippen molar-refractivity contribution in [2.75, 3.05) is 0 Å². The molecule has 19 heavy (non-hydrogen) atoms. The van der Waals surface area contributed by atoms with Crippen molar-refractivity contribution in [2.24, 2.45) is 0 Å². The number of carboxylic acid groups (broad SMARTS) is 2. The predicted molar refractivity (Wildman–Crippen MR) is 69.3 cm³/mol. The molecule has 100 valence electrons. The van der Waals surface area contributed by atoms with Crippen LogP contribution in [0.2, 0.25) is 0 Å². The fraction of sp³-hybridized carbons (Fsp3) is 0.231. The fourth-order valence-corrected chi connectivity index (χ4v) is 2.04. The first-order chi connectivity index (χ1) is 8.97. The Bertz CT molecular complexity index is 633. The minimum atomic E-state index is -1.34. The number of aryl methyl sites for hydroxylation is 1. The van der Waals surface area contributed by atoms with Gasteiger partial charge in [-0.25, -0.2) is 9.59 Å². The second-order valence-corrected chi connectivity index (χ2v) is 4.41. The van der Waals surface area contributed by atoms with Crippen molar-refractivity contribution in [1.82, 2.24) is 10.3 Å². The third kappa shape index (κ3) is 2.85. The van der Waals surface area contributed by atoms with Crippen LogP contribution in [0.25, 0.3) is 10.9 Å². The summed E-state index contributed by atoms with van der Waals surface area (Å²) in [5.41, 5.74) is 2.78. The summed E-state index contributed by atoms with van der Waals surface area (Å²) < 4.78 is 0. The normalized spacial score (nSPS) is 12.3. The van der Waals surface area contributed by atoms with Crippen molar-refractivity contribution in [2.45, 2.75) is 19.4 Å². The molecule has 1 aromatic heterocycles. The highest BCUT2D eigenvalue weighted by Crippen LogP contribution is 2.20. The predicted octanol–water partition coefficient (Wildman–Crippen LogP) is 1.74. The first-order valence-electron chi connectivity index (χ1n) is 5.76. The van der Waals surface area contributed by atoms with Crippen LogP contribution in [0, 0.1) is 6.92 Å². The van der Waals surface area contributed by atoms with Crippen LogP contribution >= 0.6 is 0 Å². The SMILES string of the molecule is Cc1ccc2c(CC(NC(=O)O)C(=O)O)c[nH]c2c1. The molecule has 1 heterocycles. The minimum Gasteiger partial charge on any atom is -0.480 e. The first-order valence-corrected chi connectivity index (χ1v) is 5.76. The van der Waals surface area contributed by atoms with E-state index in [1.807, 2.05) is 30.4 Å². The number of H-pyrrole nitrogens is 1. The number of aromatic amines is 1. The van der Waals surface area contributed by atoms with E-state index < -0.39 is 18.1 Å². The van der Waals surface area contributed by atoms with Crippen LogP contribution in [0.5, 0.6) is 0 Å². The van der Waals surface area contributed by atoms with E-state index in [4.69, 9.17) is 10.2 Å². The van der Waals surface area contributed by atoms with Gasteiger partial charge in [0.2, 0.25) is 0 Å². The molecule has 0 radical (unpaired) electrons. The number of rotatable bonds is 4. The molecule has 0 fully saturated rings. The molecule has 0 aliphatic heterocycles. The molecule has 0 aliphatic rings. The third-order valence-electron chi connectivity index (χ3n) is 2.94. The summed E-state index contributed by atoms with van der Waals surface area (Å²) in [6, 6.07) is 4.63. The molecule has 0 spiro atoms. The maximum absolute atomic E-state index is 11.0. The van der Waals surface area contributed by atoms with E-state index in [2.05, 4.69) is 4.98 Å². The van der Waals surface area contributed by atoms with Crippen molar-refractivity contribution >= 4 is 23.0 Å². The standard InChI is InChI=1S/C13H14N2O4/c1-7-2-3-9-8(6-14-10(9)4-7)5-11(12(16)17)15-13(18)19/h2-4,6,11,14-15H,5H2,1H3,(H,16,17)(H,18,19). The number of aromatic nitrogens is 1. The monoisotopic (exact) mass is 262 g/mol. The topological polar surface area (TPSA) is 102 Å². The molecule has 0 saturated heterocycles. The molecule has 0 aliphatic carbocycles. The van der Waals surface area contributed by atoms with Gasteiger partial charge in [-0.2, -0.15) is 0 Å². The smallest absolute Gasteiger partial charge is 0.405 e. The number of benzene rings is 1. The van der Waals surface area contributed by atoms with Crippen LogP contribution in [0.1, 0.15) is 11.1 Å². The molecular weight excluding hydrogens is 248 g/mol. The lowest BCUT2D eigenvalue weighted by Gasteiger charge is -2.11. The molecule has 6 nitrogen and oxygen atoms in total. The van der Waals surface area contributed by atoms with Gasteiger partial charge in [-0.3, -0.25) is 0 Å². The third-order valence-corrected chi connectivity index (χ3v) is 2.94. The van der Waals surface area contributed by atoms with Crippen LogP contribution in [0.3, 0.4) is 0 Å². The first kappa shape index (κ1) is 12.9. The molecule has 0 bridgehead atoms. The highest BCUT2D eigenvalue weighted by Gasteiger charge is 2.21. The van der Waals surface area contributed by atoms with Crippen LogP contribution in [0.15, 0.2) is 24.4 Å². The summed E-state index contributed by atoms with van der Waals surface area (Å²) in [7, 11) is 0. The van der Waals surface area contributed by atoms with Gasteiger partial charge in [-0.15, -0.1) is 0 Å². The van der Waals surface area contributed by atoms with E-state index >= 15 is 0 Å². The summed E-state index contributed by atoms with van der Waals surface area (Å²) in [4.78, 5) is 24.6. The Morgan fingerprint density at radius 2 is 2.11 bits per heavy atom. The molecule has 6 heteroatoms. The number of hydrogen-bond acceptors (Lipinski definition) is 2. The lowest BCUT2D eigenvalue weighted by Crippen LogP contribution is -2.41. The van der Waals surface area contributed by atoms with Crippen molar-refractivity contribution in [3.05, 3.63) is 35.5 Å². The Balaban J connectivity index is 2.28. The van der Waals surface area contributed by atoms with Gasteiger partial charge in [0, 0.05) is 23.5 Å². The Morgan fingerprint density at radius 3 is 2.74 bits per heavy atom. The van der Waals surface area contributed by atoms with Gasteiger partial charge >= 0.3 is 12.1 Å². The zero-order valence-corrected chi connectivity index (χ0v) is 10.3. The number of nitrogens with one attached hydrogen (secondary N) is 2. The number of hydrogen-bond donors (Lipinski definition) is 4. The van der Waals surface area contributed by atoms with Gasteiger partial charge in [-0.1, -0.05) is 12.1 Å². The maximum atomic E-state index is 11.0. The average molecular weight is 262 g/mol. The molecular formula is C13H14N2O4. The Kier molecular flexibility index (Phi) is 3.41. The van der Waals surface area contributed by atoms with E-state index in [1.54, 1.807) is 6.20 Å². The highest BCUT2D eigenvalue weighted by atomic mass is 16.4. The number of aliphatic carboxylic acids is 1. The Hall–Kier alpha value is -2.50. The molecule has 2 aromatic rings. The lowest BCUT2D eigenvalue weighted by atomic mass is 10.0. The van der Waals surface area contributed by atoms with Crippen molar-refractivity contribution in [1.29, 1.82) is 0 Å².